The number of nitrogens with one attached hydrogen (secondary N) is 1. The third kappa shape index (κ3) is 5.76. The van der Waals surface area contributed by atoms with Crippen LogP contribution in [-0.4, -0.2) is 49.3 Å². The number of anilines is 1. The van der Waals surface area contributed by atoms with Gasteiger partial charge >= 0.3 is 13.7 Å². The molecule has 1 unspecified atom stereocenters. The molecule has 4 N–H and O–H groups in total. The van der Waals surface area contributed by atoms with E-state index in [1.165, 1.54) is 6.92 Å². The predicted molar refractivity (Wildman–Crippen MR) is 135 cm³/mol. The maximum atomic E-state index is 13.4. The molecule has 37 heavy (non-hydrogen) atoms. The van der Waals surface area contributed by atoms with Gasteiger partial charge in [-0.25, -0.2) is 9.55 Å². The number of benzene rings is 1. The van der Waals surface area contributed by atoms with E-state index in [0.717, 1.165) is 19.3 Å². The maximum Gasteiger partial charge on any atom is 0.459 e. The van der Waals surface area contributed by atoms with Gasteiger partial charge in [0.25, 0.3) is 0 Å². The number of carbonyl (C=O) groups is 1. The van der Waals surface area contributed by atoms with Crippen molar-refractivity contribution in [3.05, 3.63) is 48.8 Å². The number of imidazole rings is 1. The molecule has 12 nitrogen and oxygen atoms in total. The lowest BCUT2D eigenvalue weighted by Gasteiger charge is -2.25. The number of fused-ring (bicyclic) bond motifs is 1. The average molecular weight is 529 g/mol. The van der Waals surface area contributed by atoms with Gasteiger partial charge in [0.1, 0.15) is 17.9 Å². The molecule has 1 fully saturated rings. The molecule has 0 radical (unpaired) electrons. The number of aliphatic carboxylic acids is 1. The standard InChI is InChI=1S/C24H29N6O6P/c1-15(23(31)32)29-37(33,36-19-6-3-2-4-7-19)34-13-16-10-11-17(12-16)30-14-26-20-21(30)27-24(25)28-22(20)35-18-8-5-9-18/h2-4,6-7,10-11,14-18H,5,8-9,12-13H2,1H3,(H,29,33)(H,31,32)(H2,25,27,28)/t15?,16-,17+,37-/m1/s1. The molecule has 1 saturated carbocycles. The zero-order valence-corrected chi connectivity index (χ0v) is 21.2. The second kappa shape index (κ2) is 10.5. The Morgan fingerprint density at radius 2 is 2.05 bits per heavy atom. The molecular formula is C24H29N6O6P. The van der Waals surface area contributed by atoms with E-state index >= 15 is 0 Å². The zero-order chi connectivity index (χ0) is 26.0. The van der Waals surface area contributed by atoms with Crippen molar-refractivity contribution in [3.63, 3.8) is 0 Å². The van der Waals surface area contributed by atoms with E-state index < -0.39 is 19.8 Å². The molecule has 2 aliphatic rings. The molecule has 13 heteroatoms. The molecule has 5 rings (SSSR count). The Morgan fingerprint density at radius 3 is 2.76 bits per heavy atom. The second-order valence-electron chi connectivity index (χ2n) is 9.22. The predicted octanol–water partition coefficient (Wildman–Crippen LogP) is 3.72. The molecular weight excluding hydrogens is 499 g/mol. The molecule has 1 aromatic carbocycles. The number of ether oxygens (including phenoxy) is 1. The Kier molecular flexibility index (Phi) is 7.14. The van der Waals surface area contributed by atoms with Crippen LogP contribution in [0.2, 0.25) is 0 Å². The van der Waals surface area contributed by atoms with Gasteiger partial charge in [0.15, 0.2) is 11.2 Å². The van der Waals surface area contributed by atoms with Gasteiger partial charge in [0, 0.05) is 5.92 Å². The van der Waals surface area contributed by atoms with E-state index in [1.54, 1.807) is 36.7 Å². The summed E-state index contributed by atoms with van der Waals surface area (Å²) >= 11 is 0. The highest BCUT2D eigenvalue weighted by Gasteiger charge is 2.33. The maximum absolute atomic E-state index is 13.4. The first-order valence-electron chi connectivity index (χ1n) is 12.1. The van der Waals surface area contributed by atoms with E-state index in [2.05, 4.69) is 20.0 Å². The van der Waals surface area contributed by atoms with Gasteiger partial charge in [0.2, 0.25) is 11.8 Å². The Morgan fingerprint density at radius 1 is 1.27 bits per heavy atom. The highest BCUT2D eigenvalue weighted by molar-refractivity contribution is 7.52. The van der Waals surface area contributed by atoms with E-state index in [1.807, 2.05) is 16.7 Å². The topological polar surface area (TPSA) is 164 Å². The molecule has 0 bridgehead atoms. The SMILES string of the molecule is CC(N[P@@](=O)(OC[C@@H]1C=C[C@H](n2cnc3c(OC4CCC4)nc(N)nc32)C1)Oc1ccccc1)C(=O)O. The average Bonchev–Trinajstić information content (AvgIpc) is 3.47. The number of hydrogen-bond donors (Lipinski definition) is 3. The summed E-state index contributed by atoms with van der Waals surface area (Å²) in [7, 11) is -3.98. The lowest BCUT2D eigenvalue weighted by molar-refractivity contribution is -0.138. The lowest BCUT2D eigenvalue weighted by atomic mass is 9.96. The summed E-state index contributed by atoms with van der Waals surface area (Å²) in [6.45, 7) is 1.43. The molecule has 2 aromatic heterocycles. The van der Waals surface area contributed by atoms with E-state index in [9.17, 15) is 14.5 Å². The largest absolute Gasteiger partial charge is 0.480 e. The van der Waals surface area contributed by atoms with Gasteiger partial charge in [-0.2, -0.15) is 15.1 Å². The van der Waals surface area contributed by atoms with Crippen molar-refractivity contribution in [2.75, 3.05) is 12.3 Å². The number of nitrogen functional groups attached to an aromatic ring is 1. The van der Waals surface area contributed by atoms with Crippen LogP contribution in [0.3, 0.4) is 0 Å². The molecule has 0 spiro atoms. The summed E-state index contributed by atoms with van der Waals surface area (Å²) in [5, 5.41) is 11.8. The molecule has 2 aliphatic carbocycles. The minimum Gasteiger partial charge on any atom is -0.480 e. The third-order valence-electron chi connectivity index (χ3n) is 6.39. The van der Waals surface area contributed by atoms with Crippen LogP contribution in [0.5, 0.6) is 11.6 Å². The zero-order valence-electron chi connectivity index (χ0n) is 20.3. The molecule has 0 amide bonds. The molecule has 0 aliphatic heterocycles. The van der Waals surface area contributed by atoms with Crippen LogP contribution < -0.4 is 20.1 Å². The van der Waals surface area contributed by atoms with Crippen LogP contribution in [0.25, 0.3) is 11.2 Å². The fraction of sp³-hybridized carbons (Fsp3) is 0.417. The fourth-order valence-electron chi connectivity index (χ4n) is 4.16. The fourth-order valence-corrected chi connectivity index (χ4v) is 5.71. The normalized spacial score (nSPS) is 21.9. The minimum absolute atomic E-state index is 0.0518. The molecule has 4 atom stereocenters. The van der Waals surface area contributed by atoms with Crippen molar-refractivity contribution in [1.82, 2.24) is 24.6 Å². The number of carboxylic acids is 1. The van der Waals surface area contributed by atoms with E-state index in [-0.39, 0.29) is 30.6 Å². The molecule has 2 heterocycles. The van der Waals surface area contributed by atoms with Gasteiger partial charge in [-0.3, -0.25) is 9.32 Å². The Labute approximate surface area is 213 Å². The summed E-state index contributed by atoms with van der Waals surface area (Å²) in [5.41, 5.74) is 7.09. The first-order chi connectivity index (χ1) is 17.8. The first-order valence-corrected chi connectivity index (χ1v) is 13.7. The number of nitrogens with zero attached hydrogens (tertiary/aromatic N) is 4. The van der Waals surface area contributed by atoms with Crippen LogP contribution in [-0.2, 0) is 13.9 Å². The second-order valence-corrected chi connectivity index (χ2v) is 10.9. The number of carboxylic acid groups (broad SMARTS) is 1. The van der Waals surface area contributed by atoms with Gasteiger partial charge in [-0.05, 0) is 44.7 Å². The summed E-state index contributed by atoms with van der Waals surface area (Å²) in [6.07, 6.45) is 9.48. The molecule has 0 saturated heterocycles. The smallest absolute Gasteiger partial charge is 0.459 e. The quantitative estimate of drug-likeness (QED) is 0.245. The number of para-hydroxylation sites is 1. The van der Waals surface area contributed by atoms with Crippen LogP contribution >= 0.6 is 7.75 Å². The highest BCUT2D eigenvalue weighted by Crippen LogP contribution is 2.46. The van der Waals surface area contributed by atoms with Gasteiger partial charge in [-0.15, -0.1) is 0 Å². The number of hydrogen-bond acceptors (Lipinski definition) is 9. The molecule has 3 aromatic rings. The number of rotatable bonds is 11. The van der Waals surface area contributed by atoms with Crippen LogP contribution in [0.4, 0.5) is 5.95 Å². The third-order valence-corrected chi connectivity index (χ3v) is 8.04. The Hall–Kier alpha value is -3.47. The number of allylic oxidation sites excluding steroid dienone is 1. The van der Waals surface area contributed by atoms with Crippen LogP contribution in [0.1, 0.15) is 38.6 Å². The summed E-state index contributed by atoms with van der Waals surface area (Å²) in [4.78, 5) is 24.5. The summed E-state index contributed by atoms with van der Waals surface area (Å²) < 4.78 is 32.6. The highest BCUT2D eigenvalue weighted by atomic mass is 31.2. The summed E-state index contributed by atoms with van der Waals surface area (Å²) in [5.74, 6) is -0.469. The van der Waals surface area contributed by atoms with E-state index in [4.69, 9.17) is 19.5 Å². The van der Waals surface area contributed by atoms with Gasteiger partial charge in [0.05, 0.1) is 19.0 Å². The van der Waals surface area contributed by atoms with Crippen LogP contribution in [0.15, 0.2) is 48.8 Å². The number of nitrogens with two attached hydrogens (primary N) is 1. The van der Waals surface area contributed by atoms with Crippen molar-refractivity contribution in [2.45, 2.75) is 50.8 Å². The Balaban J connectivity index is 1.27. The lowest BCUT2D eigenvalue weighted by Crippen LogP contribution is -2.33. The van der Waals surface area contributed by atoms with E-state index in [0.29, 0.717) is 29.2 Å². The van der Waals surface area contributed by atoms with Gasteiger partial charge in [-0.1, -0.05) is 30.4 Å². The minimum atomic E-state index is -3.98. The van der Waals surface area contributed by atoms with Crippen LogP contribution in [0, 0.1) is 5.92 Å². The first kappa shape index (κ1) is 25.2. The van der Waals surface area contributed by atoms with Crippen molar-refractivity contribution in [2.24, 2.45) is 5.92 Å². The monoisotopic (exact) mass is 528 g/mol. The van der Waals surface area contributed by atoms with Gasteiger partial charge < -0.3 is 24.7 Å². The number of aromatic nitrogens is 4. The Bertz CT molecular complexity index is 1340. The van der Waals surface area contributed by atoms with Crippen molar-refractivity contribution < 1.29 is 28.3 Å². The van der Waals surface area contributed by atoms with Crippen molar-refractivity contribution in [1.29, 1.82) is 0 Å². The summed E-state index contributed by atoms with van der Waals surface area (Å²) in [6, 6.07) is 7.24. The van der Waals surface area contributed by atoms with Crippen molar-refractivity contribution >= 4 is 30.8 Å². The molecule has 196 valence electrons. The van der Waals surface area contributed by atoms with Crippen molar-refractivity contribution in [3.8, 4) is 11.6 Å².